The van der Waals surface area contributed by atoms with E-state index in [2.05, 4.69) is 10.3 Å². The Bertz CT molecular complexity index is 877. The Morgan fingerprint density at radius 1 is 1.07 bits per heavy atom. The van der Waals surface area contributed by atoms with E-state index >= 15 is 0 Å². The van der Waals surface area contributed by atoms with Gasteiger partial charge in [-0.05, 0) is 50.2 Å². The molecule has 3 atom stereocenters. The van der Waals surface area contributed by atoms with Gasteiger partial charge in [0, 0.05) is 17.5 Å². The molecule has 2 saturated carbocycles. The molecule has 28 heavy (non-hydrogen) atoms. The van der Waals surface area contributed by atoms with Crippen LogP contribution < -0.4 is 5.32 Å². The number of nitrogens with one attached hydrogen (secondary N) is 1. The number of fused-ring (bicyclic) bond motifs is 1. The summed E-state index contributed by atoms with van der Waals surface area (Å²) in [7, 11) is 0. The molecule has 0 spiro atoms. The van der Waals surface area contributed by atoms with Gasteiger partial charge < -0.3 is 10.2 Å². The predicted octanol–water partition coefficient (Wildman–Crippen LogP) is 4.43. The number of likely N-dealkylation sites (tertiary alicyclic amines) is 1. The van der Waals surface area contributed by atoms with Crippen LogP contribution in [0.4, 0.5) is 5.00 Å². The third-order valence-electron chi connectivity index (χ3n) is 6.44. The van der Waals surface area contributed by atoms with Crippen LogP contribution in [0.2, 0.25) is 0 Å². The van der Waals surface area contributed by atoms with Crippen LogP contribution in [0, 0.1) is 5.92 Å². The van der Waals surface area contributed by atoms with E-state index in [0.717, 1.165) is 49.2 Å². The summed E-state index contributed by atoms with van der Waals surface area (Å²) in [5.41, 5.74) is 3.50. The Labute approximate surface area is 169 Å². The average Bonchev–Trinajstić information content (AvgIpc) is 3.34. The van der Waals surface area contributed by atoms with E-state index in [-0.39, 0.29) is 17.9 Å². The number of rotatable bonds is 4. The summed E-state index contributed by atoms with van der Waals surface area (Å²) in [6.07, 6.45) is 7.52. The monoisotopic (exact) mass is 395 g/mol. The molecule has 146 valence electrons. The number of carbonyl (C=O) groups is 2. The normalized spacial score (nSPS) is 26.7. The third-order valence-corrected chi connectivity index (χ3v) is 7.20. The van der Waals surface area contributed by atoms with Gasteiger partial charge >= 0.3 is 0 Å². The van der Waals surface area contributed by atoms with Crippen LogP contribution in [-0.4, -0.2) is 33.8 Å². The summed E-state index contributed by atoms with van der Waals surface area (Å²) in [4.78, 5) is 33.0. The molecule has 1 aromatic heterocycles. The molecule has 3 aliphatic rings. The van der Waals surface area contributed by atoms with E-state index in [1.54, 1.807) is 0 Å². The Morgan fingerprint density at radius 3 is 2.64 bits per heavy atom. The molecular formula is C22H25N3O2S. The maximum Gasteiger partial charge on any atom is 0.254 e. The largest absolute Gasteiger partial charge is 0.323 e. The van der Waals surface area contributed by atoms with Crippen molar-refractivity contribution in [3.05, 3.63) is 47.1 Å². The number of thiazole rings is 1. The van der Waals surface area contributed by atoms with Crippen molar-refractivity contribution in [2.24, 2.45) is 5.92 Å². The lowest BCUT2D eigenvalue weighted by Crippen LogP contribution is -2.47. The average molecular weight is 396 g/mol. The number of carbonyl (C=O) groups excluding carboxylic acids is 2. The van der Waals surface area contributed by atoms with Gasteiger partial charge in [0.25, 0.3) is 5.91 Å². The second-order valence-corrected chi connectivity index (χ2v) is 9.13. The molecule has 1 N–H and O–H groups in total. The van der Waals surface area contributed by atoms with Crippen molar-refractivity contribution in [1.82, 2.24) is 9.88 Å². The predicted molar refractivity (Wildman–Crippen MR) is 109 cm³/mol. The summed E-state index contributed by atoms with van der Waals surface area (Å²) in [5.74, 6) is 0.864. The number of amides is 2. The first kappa shape index (κ1) is 17.9. The number of hydrogen-bond acceptors (Lipinski definition) is 4. The first-order valence-corrected chi connectivity index (χ1v) is 11.2. The SMILES string of the molecule is O=C(Nc1scnc1C1CC1)[C@@H]1C[C@@H]2CCCC[C@H]2N1C(=O)c1ccccc1. The van der Waals surface area contributed by atoms with Crippen LogP contribution in [0.1, 0.15) is 66.9 Å². The highest BCUT2D eigenvalue weighted by Crippen LogP contribution is 2.45. The van der Waals surface area contributed by atoms with Crippen LogP contribution in [0.15, 0.2) is 35.8 Å². The molecule has 1 aliphatic heterocycles. The lowest BCUT2D eigenvalue weighted by Gasteiger charge is -2.33. The third kappa shape index (κ3) is 3.24. The standard InChI is InChI=1S/C22H25N3O2S/c26-20(24-21-19(14-10-11-14)23-13-28-21)18-12-16-8-4-5-9-17(16)25(18)22(27)15-6-2-1-3-7-15/h1-3,6-7,13-14,16-18H,4-5,8-12H2,(H,24,26)/t16-,17+,18-/m0/s1. The van der Waals surface area contributed by atoms with E-state index in [0.29, 0.717) is 17.4 Å². The van der Waals surface area contributed by atoms with Gasteiger partial charge in [-0.15, -0.1) is 11.3 Å². The zero-order valence-electron chi connectivity index (χ0n) is 15.8. The molecule has 0 radical (unpaired) electrons. The van der Waals surface area contributed by atoms with Gasteiger partial charge in [0.15, 0.2) is 0 Å². The number of anilines is 1. The van der Waals surface area contributed by atoms with E-state index < -0.39 is 6.04 Å². The topological polar surface area (TPSA) is 62.3 Å². The minimum atomic E-state index is -0.394. The zero-order chi connectivity index (χ0) is 19.1. The Kier molecular flexibility index (Phi) is 4.67. The second-order valence-electron chi connectivity index (χ2n) is 8.27. The Morgan fingerprint density at radius 2 is 1.86 bits per heavy atom. The molecule has 2 aliphatic carbocycles. The van der Waals surface area contributed by atoms with Gasteiger partial charge in [0.1, 0.15) is 11.0 Å². The van der Waals surface area contributed by atoms with E-state index in [9.17, 15) is 9.59 Å². The summed E-state index contributed by atoms with van der Waals surface area (Å²) in [5, 5.41) is 3.99. The van der Waals surface area contributed by atoms with E-state index in [1.807, 2.05) is 40.7 Å². The smallest absolute Gasteiger partial charge is 0.254 e. The highest BCUT2D eigenvalue weighted by Gasteiger charge is 2.47. The van der Waals surface area contributed by atoms with E-state index in [4.69, 9.17) is 0 Å². The van der Waals surface area contributed by atoms with Gasteiger partial charge in [-0.2, -0.15) is 0 Å². The molecule has 3 fully saturated rings. The molecule has 1 aromatic carbocycles. The fourth-order valence-electron chi connectivity index (χ4n) is 4.91. The lowest BCUT2D eigenvalue weighted by molar-refractivity contribution is -0.120. The van der Waals surface area contributed by atoms with Crippen molar-refractivity contribution >= 4 is 28.2 Å². The molecular weight excluding hydrogens is 370 g/mol. The minimum Gasteiger partial charge on any atom is -0.323 e. The molecule has 5 nitrogen and oxygen atoms in total. The van der Waals surface area contributed by atoms with Crippen molar-refractivity contribution in [3.63, 3.8) is 0 Å². The molecule has 2 heterocycles. The minimum absolute atomic E-state index is 0.0122. The maximum absolute atomic E-state index is 13.3. The zero-order valence-corrected chi connectivity index (χ0v) is 16.7. The van der Waals surface area contributed by atoms with Gasteiger partial charge in [-0.1, -0.05) is 31.0 Å². The van der Waals surface area contributed by atoms with Gasteiger partial charge in [0.05, 0.1) is 11.2 Å². The quantitative estimate of drug-likeness (QED) is 0.833. The molecule has 6 heteroatoms. The number of nitrogens with zero attached hydrogens (tertiary/aromatic N) is 2. The molecule has 2 amide bonds. The molecule has 2 aromatic rings. The highest BCUT2D eigenvalue weighted by molar-refractivity contribution is 7.14. The maximum atomic E-state index is 13.3. The summed E-state index contributed by atoms with van der Waals surface area (Å²) >= 11 is 1.49. The van der Waals surface area contributed by atoms with Gasteiger partial charge in [-0.3, -0.25) is 9.59 Å². The molecule has 5 rings (SSSR count). The number of aromatic nitrogens is 1. The van der Waals surface area contributed by atoms with Crippen molar-refractivity contribution in [3.8, 4) is 0 Å². The van der Waals surface area contributed by atoms with Gasteiger partial charge in [-0.25, -0.2) is 4.98 Å². The van der Waals surface area contributed by atoms with Crippen LogP contribution in [0.5, 0.6) is 0 Å². The van der Waals surface area contributed by atoms with Crippen LogP contribution >= 0.6 is 11.3 Å². The summed E-state index contributed by atoms with van der Waals surface area (Å²) in [6.45, 7) is 0. The van der Waals surface area contributed by atoms with Crippen molar-refractivity contribution in [2.45, 2.75) is 62.9 Å². The van der Waals surface area contributed by atoms with Crippen molar-refractivity contribution in [1.29, 1.82) is 0 Å². The summed E-state index contributed by atoms with van der Waals surface area (Å²) < 4.78 is 0. The number of hydrogen-bond donors (Lipinski definition) is 1. The van der Waals surface area contributed by atoms with Crippen LogP contribution in [0.25, 0.3) is 0 Å². The molecule has 1 saturated heterocycles. The van der Waals surface area contributed by atoms with Crippen molar-refractivity contribution in [2.75, 3.05) is 5.32 Å². The Hall–Kier alpha value is -2.21. The first-order chi connectivity index (χ1) is 13.7. The van der Waals surface area contributed by atoms with E-state index in [1.165, 1.54) is 17.8 Å². The second kappa shape index (κ2) is 7.32. The van der Waals surface area contributed by atoms with Crippen LogP contribution in [0.3, 0.4) is 0 Å². The van der Waals surface area contributed by atoms with Crippen molar-refractivity contribution < 1.29 is 9.59 Å². The molecule has 0 bridgehead atoms. The Balaban J connectivity index is 1.41. The molecule has 0 unspecified atom stereocenters. The highest BCUT2D eigenvalue weighted by atomic mass is 32.1. The lowest BCUT2D eigenvalue weighted by atomic mass is 9.84. The first-order valence-electron chi connectivity index (χ1n) is 10.3. The number of benzene rings is 1. The van der Waals surface area contributed by atoms with Gasteiger partial charge in [0.2, 0.25) is 5.91 Å². The fraction of sp³-hybridized carbons (Fsp3) is 0.500. The fourth-order valence-corrected chi connectivity index (χ4v) is 5.68. The van der Waals surface area contributed by atoms with Crippen LogP contribution in [-0.2, 0) is 4.79 Å². The summed E-state index contributed by atoms with van der Waals surface area (Å²) in [6, 6.07) is 9.17.